The van der Waals surface area contributed by atoms with Crippen molar-refractivity contribution in [3.63, 3.8) is 0 Å². The molecule has 1 aliphatic carbocycles. The molecule has 1 N–H and O–H groups in total. The molecule has 1 aliphatic rings. The number of halogens is 2. The van der Waals surface area contributed by atoms with Gasteiger partial charge in [0.2, 0.25) is 0 Å². The van der Waals surface area contributed by atoms with Crippen molar-refractivity contribution >= 4 is 35.0 Å². The van der Waals surface area contributed by atoms with Gasteiger partial charge < -0.3 is 5.11 Å². The van der Waals surface area contributed by atoms with E-state index in [0.29, 0.717) is 16.5 Å². The van der Waals surface area contributed by atoms with Crippen LogP contribution in [0.15, 0.2) is 18.2 Å². The van der Waals surface area contributed by atoms with Crippen molar-refractivity contribution < 1.29 is 5.11 Å². The van der Waals surface area contributed by atoms with Crippen molar-refractivity contribution in [3.8, 4) is 0 Å². The highest BCUT2D eigenvalue weighted by molar-refractivity contribution is 7.99. The zero-order chi connectivity index (χ0) is 13.0. The van der Waals surface area contributed by atoms with Crippen molar-refractivity contribution in [3.05, 3.63) is 33.8 Å². The molecule has 18 heavy (non-hydrogen) atoms. The Labute approximate surface area is 123 Å². The minimum atomic E-state index is -0.325. The average molecular weight is 305 g/mol. The molecule has 4 heteroatoms. The summed E-state index contributed by atoms with van der Waals surface area (Å²) in [6.45, 7) is 0. The Morgan fingerprint density at radius 3 is 2.67 bits per heavy atom. The second-order valence-corrected chi connectivity index (χ2v) is 7.01. The Balaban J connectivity index is 1.80. The molecule has 1 fully saturated rings. The first-order valence-corrected chi connectivity index (χ1v) is 8.19. The van der Waals surface area contributed by atoms with Crippen molar-refractivity contribution in [2.24, 2.45) is 0 Å². The minimum absolute atomic E-state index is 0.325. The van der Waals surface area contributed by atoms with Gasteiger partial charge in [-0.25, -0.2) is 0 Å². The van der Waals surface area contributed by atoms with Crippen LogP contribution in [0.3, 0.4) is 0 Å². The van der Waals surface area contributed by atoms with E-state index >= 15 is 0 Å². The Hall–Kier alpha value is 0.110. The van der Waals surface area contributed by atoms with Crippen molar-refractivity contribution in [2.45, 2.75) is 43.5 Å². The summed E-state index contributed by atoms with van der Waals surface area (Å²) in [4.78, 5) is 0. The van der Waals surface area contributed by atoms with Crippen LogP contribution in [0.2, 0.25) is 10.0 Å². The maximum Gasteiger partial charge on any atom is 0.0671 e. The van der Waals surface area contributed by atoms with E-state index in [-0.39, 0.29) is 6.10 Å². The van der Waals surface area contributed by atoms with Crippen LogP contribution in [-0.4, -0.2) is 22.2 Å². The minimum Gasteiger partial charge on any atom is -0.392 e. The summed E-state index contributed by atoms with van der Waals surface area (Å²) in [6, 6.07) is 5.45. The highest BCUT2D eigenvalue weighted by atomic mass is 35.5. The van der Waals surface area contributed by atoms with Gasteiger partial charge in [0.1, 0.15) is 0 Å². The Bertz CT molecular complexity index is 391. The molecule has 2 rings (SSSR count). The topological polar surface area (TPSA) is 20.2 Å². The van der Waals surface area contributed by atoms with Gasteiger partial charge in [-0.3, -0.25) is 0 Å². The molecule has 0 aromatic heterocycles. The number of rotatable bonds is 5. The Morgan fingerprint density at radius 1 is 1.28 bits per heavy atom. The zero-order valence-corrected chi connectivity index (χ0v) is 12.6. The largest absolute Gasteiger partial charge is 0.392 e. The fourth-order valence-electron chi connectivity index (χ4n) is 2.30. The van der Waals surface area contributed by atoms with Gasteiger partial charge in [0.05, 0.1) is 6.10 Å². The molecule has 0 spiro atoms. The Morgan fingerprint density at radius 2 is 2.00 bits per heavy atom. The van der Waals surface area contributed by atoms with E-state index in [2.05, 4.69) is 0 Å². The van der Waals surface area contributed by atoms with E-state index in [1.165, 1.54) is 25.7 Å². The van der Waals surface area contributed by atoms with Gasteiger partial charge in [0.25, 0.3) is 0 Å². The lowest BCUT2D eigenvalue weighted by molar-refractivity contribution is 0.200. The highest BCUT2D eigenvalue weighted by Crippen LogP contribution is 2.30. The SMILES string of the molecule is OC(CSC1CCCC1)Cc1ccc(Cl)cc1Cl. The second-order valence-electron chi connectivity index (χ2n) is 4.83. The third-order valence-electron chi connectivity index (χ3n) is 3.30. The second kappa shape index (κ2) is 7.04. The molecule has 1 saturated carbocycles. The molecule has 0 aliphatic heterocycles. The molecule has 1 aromatic carbocycles. The molecular weight excluding hydrogens is 287 g/mol. The van der Waals surface area contributed by atoms with Gasteiger partial charge in [-0.05, 0) is 30.5 Å². The molecule has 0 radical (unpaired) electrons. The van der Waals surface area contributed by atoms with E-state index in [0.717, 1.165) is 16.6 Å². The van der Waals surface area contributed by atoms with Crippen LogP contribution in [0.25, 0.3) is 0 Å². The van der Waals surface area contributed by atoms with Gasteiger partial charge in [-0.15, -0.1) is 0 Å². The quantitative estimate of drug-likeness (QED) is 0.859. The van der Waals surface area contributed by atoms with Crippen LogP contribution in [0.4, 0.5) is 0 Å². The Kier molecular flexibility index (Phi) is 5.68. The van der Waals surface area contributed by atoms with Gasteiger partial charge in [0, 0.05) is 27.5 Å². The van der Waals surface area contributed by atoms with Gasteiger partial charge in [-0.2, -0.15) is 11.8 Å². The van der Waals surface area contributed by atoms with Gasteiger partial charge in [0.15, 0.2) is 0 Å². The number of aliphatic hydroxyl groups is 1. The first kappa shape index (κ1) is 14.5. The maximum atomic E-state index is 10.0. The van der Waals surface area contributed by atoms with E-state index in [4.69, 9.17) is 23.2 Å². The summed E-state index contributed by atoms with van der Waals surface area (Å²) in [5.74, 6) is 0.795. The first-order valence-electron chi connectivity index (χ1n) is 6.39. The number of hydrogen-bond acceptors (Lipinski definition) is 2. The third kappa shape index (κ3) is 4.34. The molecule has 1 atom stereocenters. The number of benzene rings is 1. The van der Waals surface area contributed by atoms with Crippen LogP contribution < -0.4 is 0 Å². The lowest BCUT2D eigenvalue weighted by Gasteiger charge is -2.14. The van der Waals surface area contributed by atoms with Crippen LogP contribution in [-0.2, 0) is 6.42 Å². The predicted molar refractivity (Wildman–Crippen MR) is 80.9 cm³/mol. The van der Waals surface area contributed by atoms with Crippen LogP contribution in [0.1, 0.15) is 31.2 Å². The first-order chi connectivity index (χ1) is 8.65. The summed E-state index contributed by atoms with van der Waals surface area (Å²) in [5.41, 5.74) is 0.973. The molecule has 0 amide bonds. The molecule has 0 saturated heterocycles. The van der Waals surface area contributed by atoms with E-state index in [9.17, 15) is 5.11 Å². The molecule has 0 heterocycles. The number of thioether (sulfide) groups is 1. The highest BCUT2D eigenvalue weighted by Gasteiger charge is 2.17. The molecule has 100 valence electrons. The van der Waals surface area contributed by atoms with Gasteiger partial charge in [-0.1, -0.05) is 42.1 Å². The number of hydrogen-bond donors (Lipinski definition) is 1. The van der Waals surface area contributed by atoms with Crippen LogP contribution in [0, 0.1) is 0 Å². The zero-order valence-electron chi connectivity index (χ0n) is 10.2. The van der Waals surface area contributed by atoms with Crippen molar-refractivity contribution in [2.75, 3.05) is 5.75 Å². The molecule has 1 aromatic rings. The third-order valence-corrected chi connectivity index (χ3v) is 5.40. The molecule has 0 bridgehead atoms. The number of aliphatic hydroxyl groups excluding tert-OH is 1. The summed E-state index contributed by atoms with van der Waals surface area (Å²) >= 11 is 13.8. The normalized spacial score (nSPS) is 18.2. The lowest BCUT2D eigenvalue weighted by Crippen LogP contribution is -2.15. The van der Waals surface area contributed by atoms with Crippen LogP contribution >= 0.6 is 35.0 Å². The lowest BCUT2D eigenvalue weighted by atomic mass is 10.1. The fraction of sp³-hybridized carbons (Fsp3) is 0.571. The van der Waals surface area contributed by atoms with E-state index < -0.39 is 0 Å². The van der Waals surface area contributed by atoms with Crippen molar-refractivity contribution in [1.82, 2.24) is 0 Å². The predicted octanol–water partition coefficient (Wildman–Crippen LogP) is 4.57. The average Bonchev–Trinajstić information content (AvgIpc) is 2.83. The van der Waals surface area contributed by atoms with E-state index in [1.54, 1.807) is 6.07 Å². The van der Waals surface area contributed by atoms with Crippen molar-refractivity contribution in [1.29, 1.82) is 0 Å². The molecule has 1 unspecified atom stereocenters. The monoisotopic (exact) mass is 304 g/mol. The maximum absolute atomic E-state index is 10.0. The fourth-order valence-corrected chi connectivity index (χ4v) is 4.07. The molecular formula is C14H18Cl2OS. The smallest absolute Gasteiger partial charge is 0.0671 e. The summed E-state index contributed by atoms with van der Waals surface area (Å²) in [7, 11) is 0. The van der Waals surface area contributed by atoms with Gasteiger partial charge >= 0.3 is 0 Å². The summed E-state index contributed by atoms with van der Waals surface area (Å²) in [5, 5.41) is 12.1. The van der Waals surface area contributed by atoms with Crippen LogP contribution in [0.5, 0.6) is 0 Å². The summed E-state index contributed by atoms with van der Waals surface area (Å²) < 4.78 is 0. The standard InChI is InChI=1S/C14H18Cl2OS/c15-11-6-5-10(14(16)8-11)7-12(17)9-18-13-3-1-2-4-13/h5-6,8,12-13,17H,1-4,7,9H2. The molecule has 1 nitrogen and oxygen atoms in total. The summed E-state index contributed by atoms with van der Waals surface area (Å²) in [6.07, 6.45) is 5.58. The van der Waals surface area contributed by atoms with E-state index in [1.807, 2.05) is 23.9 Å².